The number of nitrogens with two attached hydrogens (primary N) is 1. The van der Waals surface area contributed by atoms with Gasteiger partial charge in [-0.15, -0.1) is 24.0 Å². The van der Waals surface area contributed by atoms with Gasteiger partial charge in [0.05, 0.1) is 13.2 Å². The molecule has 1 aromatic carbocycles. The number of aromatic nitrogens is 1. The van der Waals surface area contributed by atoms with Crippen molar-refractivity contribution in [3.05, 3.63) is 48.2 Å². The minimum absolute atomic E-state index is 0. The van der Waals surface area contributed by atoms with Crippen LogP contribution < -0.4 is 20.5 Å². The van der Waals surface area contributed by atoms with E-state index in [1.807, 2.05) is 43.3 Å². The molecule has 0 saturated heterocycles. The number of rotatable bonds is 9. The molecule has 27 heavy (non-hydrogen) atoms. The second-order valence-corrected chi connectivity index (χ2v) is 6.30. The van der Waals surface area contributed by atoms with Crippen LogP contribution in [0.3, 0.4) is 0 Å². The lowest BCUT2D eigenvalue weighted by molar-refractivity contribution is 0.319. The Morgan fingerprint density at radius 2 is 1.93 bits per heavy atom. The SMILES string of the molecule is CCOc1ccccc1Oc1ccc(CN=C(N)NCCC(C)C)cn1.I. The fraction of sp³-hybridized carbons (Fsp3) is 0.400. The lowest BCUT2D eigenvalue weighted by Gasteiger charge is -2.10. The normalized spacial score (nSPS) is 11.0. The maximum Gasteiger partial charge on any atom is 0.219 e. The highest BCUT2D eigenvalue weighted by Crippen LogP contribution is 2.30. The van der Waals surface area contributed by atoms with Crippen LogP contribution in [0.15, 0.2) is 47.6 Å². The van der Waals surface area contributed by atoms with Crippen LogP contribution in [0.25, 0.3) is 0 Å². The zero-order chi connectivity index (χ0) is 18.8. The van der Waals surface area contributed by atoms with Gasteiger partial charge in [-0.3, -0.25) is 0 Å². The van der Waals surface area contributed by atoms with Gasteiger partial charge < -0.3 is 20.5 Å². The first-order valence-electron chi connectivity index (χ1n) is 8.97. The van der Waals surface area contributed by atoms with Crippen LogP contribution in [0.2, 0.25) is 0 Å². The summed E-state index contributed by atoms with van der Waals surface area (Å²) in [6, 6.07) is 11.3. The van der Waals surface area contributed by atoms with Crippen molar-refractivity contribution in [2.24, 2.45) is 16.6 Å². The summed E-state index contributed by atoms with van der Waals surface area (Å²) < 4.78 is 11.4. The quantitative estimate of drug-likeness (QED) is 0.315. The molecule has 0 amide bonds. The number of ether oxygens (including phenoxy) is 2. The topological polar surface area (TPSA) is 81.8 Å². The Balaban J connectivity index is 0.00000364. The number of halogens is 1. The molecule has 0 radical (unpaired) electrons. The zero-order valence-corrected chi connectivity index (χ0v) is 18.5. The largest absolute Gasteiger partial charge is 0.490 e. The standard InChI is InChI=1S/C20H28N4O2.HI/c1-4-25-17-7-5-6-8-18(17)26-19-10-9-16(13-23-19)14-24-20(21)22-12-11-15(2)3;/h5-10,13,15H,4,11-12,14H2,1-3H3,(H3,21,22,24);1H. The molecule has 0 bridgehead atoms. The molecule has 0 aliphatic carbocycles. The van der Waals surface area contributed by atoms with Crippen molar-refractivity contribution in [1.29, 1.82) is 0 Å². The summed E-state index contributed by atoms with van der Waals surface area (Å²) in [5.41, 5.74) is 6.83. The fourth-order valence-electron chi connectivity index (χ4n) is 2.21. The van der Waals surface area contributed by atoms with Crippen molar-refractivity contribution in [1.82, 2.24) is 10.3 Å². The predicted octanol–water partition coefficient (Wildman–Crippen LogP) is 4.34. The lowest BCUT2D eigenvalue weighted by Crippen LogP contribution is -2.32. The van der Waals surface area contributed by atoms with Crippen LogP contribution in [0.5, 0.6) is 17.4 Å². The van der Waals surface area contributed by atoms with Crippen LogP contribution in [0.4, 0.5) is 0 Å². The van der Waals surface area contributed by atoms with Crippen LogP contribution >= 0.6 is 24.0 Å². The lowest BCUT2D eigenvalue weighted by atomic mass is 10.1. The summed E-state index contributed by atoms with van der Waals surface area (Å²) in [6.07, 6.45) is 2.80. The van der Waals surface area contributed by atoms with Gasteiger partial charge >= 0.3 is 0 Å². The van der Waals surface area contributed by atoms with E-state index in [0.717, 1.165) is 18.5 Å². The van der Waals surface area contributed by atoms with Crippen LogP contribution in [0.1, 0.15) is 32.8 Å². The van der Waals surface area contributed by atoms with Crippen molar-refractivity contribution >= 4 is 29.9 Å². The predicted molar refractivity (Wildman–Crippen MR) is 120 cm³/mol. The van der Waals surface area contributed by atoms with Crippen LogP contribution in [-0.4, -0.2) is 24.1 Å². The number of para-hydroxylation sites is 2. The monoisotopic (exact) mass is 484 g/mol. The van der Waals surface area contributed by atoms with Crippen LogP contribution in [0, 0.1) is 5.92 Å². The van der Waals surface area contributed by atoms with Gasteiger partial charge in [-0.25, -0.2) is 9.98 Å². The third-order valence-corrected chi connectivity index (χ3v) is 3.62. The molecule has 2 rings (SSSR count). The maximum absolute atomic E-state index is 5.86. The number of nitrogens with zero attached hydrogens (tertiary/aromatic N) is 2. The number of benzene rings is 1. The second-order valence-electron chi connectivity index (χ2n) is 6.30. The third kappa shape index (κ3) is 8.47. The van der Waals surface area contributed by atoms with E-state index in [-0.39, 0.29) is 24.0 Å². The molecule has 0 atom stereocenters. The highest BCUT2D eigenvalue weighted by Gasteiger charge is 2.06. The Hall–Kier alpha value is -2.03. The smallest absolute Gasteiger partial charge is 0.219 e. The Morgan fingerprint density at radius 1 is 1.19 bits per heavy atom. The van der Waals surface area contributed by atoms with Gasteiger partial charge in [0.25, 0.3) is 0 Å². The van der Waals surface area contributed by atoms with Gasteiger partial charge in [0.1, 0.15) is 0 Å². The number of guanidine groups is 1. The molecule has 0 fully saturated rings. The Kier molecular flexibility index (Phi) is 10.5. The molecule has 1 heterocycles. The van der Waals surface area contributed by atoms with E-state index >= 15 is 0 Å². The number of hydrogen-bond donors (Lipinski definition) is 2. The number of aliphatic imine (C=N–C) groups is 1. The van der Waals surface area contributed by atoms with E-state index in [1.54, 1.807) is 6.20 Å². The first-order chi connectivity index (χ1) is 12.6. The molecule has 0 saturated carbocycles. The average Bonchev–Trinajstić information content (AvgIpc) is 2.63. The summed E-state index contributed by atoms with van der Waals surface area (Å²) in [4.78, 5) is 8.66. The van der Waals surface area contributed by atoms with E-state index < -0.39 is 0 Å². The first-order valence-corrected chi connectivity index (χ1v) is 8.97. The van der Waals surface area contributed by atoms with Gasteiger partial charge in [-0.05, 0) is 37.0 Å². The van der Waals surface area contributed by atoms with Gasteiger partial charge in [0.15, 0.2) is 17.5 Å². The molecule has 6 nitrogen and oxygen atoms in total. The number of hydrogen-bond acceptors (Lipinski definition) is 4. The van der Waals surface area contributed by atoms with Crippen LogP contribution in [-0.2, 0) is 6.54 Å². The Labute approximate surface area is 178 Å². The molecular formula is C20H29IN4O2. The molecule has 0 aliphatic heterocycles. The van der Waals surface area contributed by atoms with E-state index in [9.17, 15) is 0 Å². The molecule has 0 unspecified atom stereocenters. The van der Waals surface area contributed by atoms with Crippen molar-refractivity contribution in [2.75, 3.05) is 13.2 Å². The van der Waals surface area contributed by atoms with Gasteiger partial charge in [-0.2, -0.15) is 0 Å². The molecule has 0 spiro atoms. The van der Waals surface area contributed by atoms with Crippen molar-refractivity contribution in [3.63, 3.8) is 0 Å². The van der Waals surface area contributed by atoms with Crippen molar-refractivity contribution < 1.29 is 9.47 Å². The van der Waals surface area contributed by atoms with E-state index in [2.05, 4.69) is 29.1 Å². The molecule has 3 N–H and O–H groups in total. The zero-order valence-electron chi connectivity index (χ0n) is 16.1. The Bertz CT molecular complexity index is 705. The molecule has 2 aromatic rings. The highest BCUT2D eigenvalue weighted by molar-refractivity contribution is 14.0. The van der Waals surface area contributed by atoms with Gasteiger partial charge in [-0.1, -0.05) is 32.0 Å². The summed E-state index contributed by atoms with van der Waals surface area (Å²) in [5.74, 6) is 2.95. The molecule has 0 aliphatic rings. The third-order valence-electron chi connectivity index (χ3n) is 3.62. The molecule has 7 heteroatoms. The fourth-order valence-corrected chi connectivity index (χ4v) is 2.21. The molecular weight excluding hydrogens is 455 g/mol. The molecule has 1 aromatic heterocycles. The Morgan fingerprint density at radius 3 is 2.56 bits per heavy atom. The van der Waals surface area contributed by atoms with Crippen molar-refractivity contribution in [3.8, 4) is 17.4 Å². The minimum Gasteiger partial charge on any atom is -0.490 e. The summed E-state index contributed by atoms with van der Waals surface area (Å²) >= 11 is 0. The average molecular weight is 484 g/mol. The highest BCUT2D eigenvalue weighted by atomic mass is 127. The van der Waals surface area contributed by atoms with E-state index in [1.165, 1.54) is 0 Å². The van der Waals surface area contributed by atoms with Gasteiger partial charge in [0, 0.05) is 18.8 Å². The van der Waals surface area contributed by atoms with E-state index in [0.29, 0.717) is 42.4 Å². The van der Waals surface area contributed by atoms with Crippen molar-refractivity contribution in [2.45, 2.75) is 33.7 Å². The van der Waals surface area contributed by atoms with E-state index in [4.69, 9.17) is 15.2 Å². The minimum atomic E-state index is 0. The number of pyridine rings is 1. The second kappa shape index (κ2) is 12.4. The first kappa shape index (κ1) is 23.0. The summed E-state index contributed by atoms with van der Waals surface area (Å²) in [7, 11) is 0. The molecule has 148 valence electrons. The summed E-state index contributed by atoms with van der Waals surface area (Å²) in [5, 5.41) is 3.12. The maximum atomic E-state index is 5.86. The van der Waals surface area contributed by atoms with Gasteiger partial charge in [0.2, 0.25) is 5.88 Å². The summed E-state index contributed by atoms with van der Waals surface area (Å²) in [6.45, 7) is 8.18. The number of nitrogens with one attached hydrogen (secondary N) is 1.